The highest BCUT2D eigenvalue weighted by molar-refractivity contribution is 5.84. The van der Waals surface area contributed by atoms with Gasteiger partial charge in [0.25, 0.3) is 0 Å². The number of H-pyrrole nitrogens is 1. The number of benzene rings is 2. The number of methoxy groups -OCH3 is 2. The Hall–Kier alpha value is -2.72. The van der Waals surface area contributed by atoms with Crippen LogP contribution in [0.25, 0.3) is 10.9 Å². The van der Waals surface area contributed by atoms with Crippen LogP contribution < -0.4 is 14.8 Å². The Labute approximate surface area is 172 Å². The molecule has 4 nitrogen and oxygen atoms in total. The van der Waals surface area contributed by atoms with E-state index in [9.17, 15) is 0 Å². The molecule has 1 aromatic heterocycles. The fourth-order valence-corrected chi connectivity index (χ4v) is 4.34. The van der Waals surface area contributed by atoms with E-state index in [1.165, 1.54) is 34.9 Å². The van der Waals surface area contributed by atoms with Crippen molar-refractivity contribution in [2.75, 3.05) is 20.8 Å². The van der Waals surface area contributed by atoms with Gasteiger partial charge in [-0.2, -0.15) is 0 Å². The molecule has 29 heavy (non-hydrogen) atoms. The Bertz CT molecular complexity index is 976. The van der Waals surface area contributed by atoms with Gasteiger partial charge in [0.2, 0.25) is 0 Å². The molecule has 4 rings (SSSR count). The lowest BCUT2D eigenvalue weighted by molar-refractivity contribution is 0.409. The zero-order chi connectivity index (χ0) is 20.1. The Morgan fingerprint density at radius 3 is 2.72 bits per heavy atom. The number of nitrogens with one attached hydrogen (secondary N) is 2. The molecule has 2 heterocycles. The van der Waals surface area contributed by atoms with Crippen molar-refractivity contribution in [1.29, 1.82) is 0 Å². The van der Waals surface area contributed by atoms with Gasteiger partial charge in [0.15, 0.2) is 0 Å². The van der Waals surface area contributed by atoms with Gasteiger partial charge in [-0.15, -0.1) is 0 Å². The first-order chi connectivity index (χ1) is 14.3. The first kappa shape index (κ1) is 19.6. The summed E-state index contributed by atoms with van der Waals surface area (Å²) in [5.41, 5.74) is 3.87. The summed E-state index contributed by atoms with van der Waals surface area (Å²) in [4.78, 5) is 3.38. The van der Waals surface area contributed by atoms with Crippen LogP contribution in [0.2, 0.25) is 0 Å². The summed E-state index contributed by atoms with van der Waals surface area (Å²) in [5.74, 6) is 2.24. The number of unbranched alkanes of at least 4 members (excludes halogenated alkanes) is 1. The van der Waals surface area contributed by atoms with Gasteiger partial charge in [-0.25, -0.2) is 0 Å². The van der Waals surface area contributed by atoms with Crippen molar-refractivity contribution in [3.63, 3.8) is 0 Å². The minimum absolute atomic E-state index is 0.399. The fraction of sp³-hybridized carbons (Fsp3) is 0.360. The highest BCUT2D eigenvalue weighted by Gasteiger charge is 2.22. The molecule has 0 radical (unpaired) electrons. The van der Waals surface area contributed by atoms with E-state index in [1.54, 1.807) is 14.2 Å². The molecule has 2 unspecified atom stereocenters. The molecule has 1 aliphatic heterocycles. The van der Waals surface area contributed by atoms with Crippen LogP contribution in [0.1, 0.15) is 36.3 Å². The molecule has 152 valence electrons. The molecule has 2 aromatic carbocycles. The first-order valence-corrected chi connectivity index (χ1v) is 10.5. The molecule has 2 atom stereocenters. The minimum Gasteiger partial charge on any atom is -0.497 e. The summed E-state index contributed by atoms with van der Waals surface area (Å²) in [6.45, 7) is 0.952. The molecule has 0 amide bonds. The lowest BCUT2D eigenvalue weighted by atomic mass is 9.86. The number of rotatable bonds is 8. The molecule has 3 aromatic rings. The van der Waals surface area contributed by atoms with Crippen LogP contribution in [0.5, 0.6) is 11.5 Å². The van der Waals surface area contributed by atoms with Crippen molar-refractivity contribution < 1.29 is 9.47 Å². The number of ether oxygens (including phenoxy) is 2. The predicted octanol–water partition coefficient (Wildman–Crippen LogP) is 5.21. The van der Waals surface area contributed by atoms with E-state index in [4.69, 9.17) is 9.47 Å². The topological polar surface area (TPSA) is 46.3 Å². The highest BCUT2D eigenvalue weighted by Crippen LogP contribution is 2.30. The van der Waals surface area contributed by atoms with Gasteiger partial charge in [0.1, 0.15) is 11.5 Å². The van der Waals surface area contributed by atoms with Crippen LogP contribution in [0, 0.1) is 0 Å². The maximum Gasteiger partial charge on any atom is 0.119 e. The second-order valence-electron chi connectivity index (χ2n) is 7.72. The van der Waals surface area contributed by atoms with Crippen molar-refractivity contribution in [3.05, 3.63) is 71.9 Å². The zero-order valence-corrected chi connectivity index (χ0v) is 17.3. The normalized spacial score (nSPS) is 18.8. The third-order valence-electron chi connectivity index (χ3n) is 5.94. The molecule has 0 saturated heterocycles. The molecular weight excluding hydrogens is 360 g/mol. The van der Waals surface area contributed by atoms with E-state index in [0.29, 0.717) is 12.0 Å². The zero-order valence-electron chi connectivity index (χ0n) is 17.3. The maximum absolute atomic E-state index is 5.42. The molecule has 2 N–H and O–H groups in total. The lowest BCUT2D eigenvalue weighted by Gasteiger charge is -2.29. The molecule has 0 spiro atoms. The lowest BCUT2D eigenvalue weighted by Crippen LogP contribution is -2.37. The molecule has 0 fully saturated rings. The third-order valence-corrected chi connectivity index (χ3v) is 5.94. The van der Waals surface area contributed by atoms with E-state index in [-0.39, 0.29) is 0 Å². The smallest absolute Gasteiger partial charge is 0.119 e. The van der Waals surface area contributed by atoms with Crippen molar-refractivity contribution in [1.82, 2.24) is 10.3 Å². The van der Waals surface area contributed by atoms with Crippen molar-refractivity contribution >= 4 is 10.9 Å². The summed E-state index contributed by atoms with van der Waals surface area (Å²) in [6, 6.07) is 15.2. The van der Waals surface area contributed by atoms with Gasteiger partial charge in [-0.1, -0.05) is 30.7 Å². The van der Waals surface area contributed by atoms with E-state index >= 15 is 0 Å². The van der Waals surface area contributed by atoms with E-state index < -0.39 is 0 Å². The monoisotopic (exact) mass is 390 g/mol. The van der Waals surface area contributed by atoms with E-state index in [2.05, 4.69) is 59.0 Å². The third kappa shape index (κ3) is 4.48. The number of aromatic nitrogens is 1. The average Bonchev–Trinajstić information content (AvgIpc) is 3.19. The van der Waals surface area contributed by atoms with Crippen LogP contribution in [0.3, 0.4) is 0 Å². The molecule has 1 aliphatic rings. The second kappa shape index (κ2) is 9.19. The van der Waals surface area contributed by atoms with Crippen LogP contribution in [0.15, 0.2) is 60.8 Å². The van der Waals surface area contributed by atoms with Crippen LogP contribution in [-0.4, -0.2) is 31.8 Å². The highest BCUT2D eigenvalue weighted by atomic mass is 16.5. The summed E-state index contributed by atoms with van der Waals surface area (Å²) in [7, 11) is 3.45. The van der Waals surface area contributed by atoms with Gasteiger partial charge in [0.05, 0.1) is 14.2 Å². The Kier molecular flexibility index (Phi) is 6.20. The van der Waals surface area contributed by atoms with Crippen molar-refractivity contribution in [2.45, 2.75) is 37.6 Å². The largest absolute Gasteiger partial charge is 0.497 e. The predicted molar refractivity (Wildman–Crippen MR) is 119 cm³/mol. The Balaban J connectivity index is 1.36. The minimum atomic E-state index is 0.399. The summed E-state index contributed by atoms with van der Waals surface area (Å²) < 4.78 is 10.8. The molecule has 4 heteroatoms. The van der Waals surface area contributed by atoms with Gasteiger partial charge in [-0.3, -0.25) is 0 Å². The van der Waals surface area contributed by atoms with Gasteiger partial charge < -0.3 is 19.8 Å². The number of hydrogen-bond donors (Lipinski definition) is 2. The van der Waals surface area contributed by atoms with Crippen molar-refractivity contribution in [2.24, 2.45) is 0 Å². The SMILES string of the molecule is COc1cccc(C2C=CCNC2CCCCc2c[nH]c3ccc(OC)cc23)c1. The number of fused-ring (bicyclic) bond motifs is 1. The quantitative estimate of drug-likeness (QED) is 0.410. The summed E-state index contributed by atoms with van der Waals surface area (Å²) >= 11 is 0. The molecule has 0 saturated carbocycles. The Morgan fingerprint density at radius 1 is 1.00 bits per heavy atom. The standard InChI is InChI=1S/C25H30N2O2/c1-28-20-9-5-8-18(15-20)22-10-6-14-26-24(22)11-4-3-7-19-17-27-25-13-12-21(29-2)16-23(19)25/h5-6,8-10,12-13,15-17,22,24,26-27H,3-4,7,11,14H2,1-2H3. The summed E-state index contributed by atoms with van der Waals surface area (Å²) in [5, 5.41) is 4.97. The number of aromatic amines is 1. The summed E-state index contributed by atoms with van der Waals surface area (Å²) in [6.07, 6.45) is 11.4. The van der Waals surface area contributed by atoms with Crippen LogP contribution in [-0.2, 0) is 6.42 Å². The van der Waals surface area contributed by atoms with Crippen molar-refractivity contribution in [3.8, 4) is 11.5 Å². The number of hydrogen-bond acceptors (Lipinski definition) is 3. The molecular formula is C25H30N2O2. The van der Waals surface area contributed by atoms with Gasteiger partial charge in [-0.05, 0) is 60.7 Å². The Morgan fingerprint density at radius 2 is 1.86 bits per heavy atom. The maximum atomic E-state index is 5.42. The van der Waals surface area contributed by atoms with E-state index in [0.717, 1.165) is 30.9 Å². The first-order valence-electron chi connectivity index (χ1n) is 10.5. The van der Waals surface area contributed by atoms with Crippen LogP contribution >= 0.6 is 0 Å². The molecule has 0 bridgehead atoms. The van der Waals surface area contributed by atoms with Crippen LogP contribution in [0.4, 0.5) is 0 Å². The number of aryl methyl sites for hydroxylation is 1. The fourth-order valence-electron chi connectivity index (χ4n) is 4.34. The van der Waals surface area contributed by atoms with Gasteiger partial charge in [0, 0.05) is 35.6 Å². The average molecular weight is 391 g/mol. The van der Waals surface area contributed by atoms with E-state index in [1.807, 2.05) is 12.1 Å². The molecule has 0 aliphatic carbocycles. The second-order valence-corrected chi connectivity index (χ2v) is 7.72. The van der Waals surface area contributed by atoms with Gasteiger partial charge >= 0.3 is 0 Å².